The highest BCUT2D eigenvalue weighted by atomic mass is 35.5. The van der Waals surface area contributed by atoms with E-state index in [1.807, 2.05) is 0 Å². The lowest BCUT2D eigenvalue weighted by Crippen LogP contribution is -2.33. The number of aryl methyl sites for hydroxylation is 2. The number of halogens is 1. The Morgan fingerprint density at radius 1 is 1.41 bits per heavy atom. The molecule has 0 bridgehead atoms. The molecule has 1 heterocycles. The lowest BCUT2D eigenvalue weighted by molar-refractivity contribution is 0.389. The Balaban J connectivity index is 0.00000256. The number of hydrogen-bond donors (Lipinski definition) is 1. The summed E-state index contributed by atoms with van der Waals surface area (Å²) in [6.45, 7) is 4.22. The largest absolute Gasteiger partial charge is 0.360 e. The molecule has 8 heteroatoms. The minimum absolute atomic E-state index is 0. The van der Waals surface area contributed by atoms with E-state index in [0.717, 1.165) is 0 Å². The normalized spacial score (nSPS) is 11.6. The Morgan fingerprint density at radius 3 is 2.41 bits per heavy atom. The zero-order valence-corrected chi connectivity index (χ0v) is 12.0. The van der Waals surface area contributed by atoms with Crippen molar-refractivity contribution in [2.24, 2.45) is 0 Å². The molecule has 0 saturated carbocycles. The van der Waals surface area contributed by atoms with Gasteiger partial charge in [-0.1, -0.05) is 5.16 Å². The fourth-order valence-corrected chi connectivity index (χ4v) is 2.84. The molecule has 0 aliphatic heterocycles. The molecular weight excluding hydrogens is 266 g/mol. The van der Waals surface area contributed by atoms with Crippen LogP contribution in [0.2, 0.25) is 0 Å². The third kappa shape index (κ3) is 3.41. The SMILES string of the molecule is CNCCN(C)S(=O)(=O)c1c(C)noc1C.Cl. The van der Waals surface area contributed by atoms with Gasteiger partial charge in [0.25, 0.3) is 0 Å². The molecule has 0 unspecified atom stereocenters. The monoisotopic (exact) mass is 283 g/mol. The zero-order chi connectivity index (χ0) is 12.3. The molecule has 1 rings (SSSR count). The van der Waals surface area contributed by atoms with Gasteiger partial charge in [-0.2, -0.15) is 4.31 Å². The molecule has 0 aliphatic rings. The maximum atomic E-state index is 12.1. The number of hydrogen-bond acceptors (Lipinski definition) is 5. The van der Waals surface area contributed by atoms with Gasteiger partial charge in [0.1, 0.15) is 10.6 Å². The van der Waals surface area contributed by atoms with E-state index in [9.17, 15) is 8.42 Å². The number of sulfonamides is 1. The van der Waals surface area contributed by atoms with Gasteiger partial charge in [-0.3, -0.25) is 0 Å². The summed E-state index contributed by atoms with van der Waals surface area (Å²) in [6, 6.07) is 0. The Labute approximate surface area is 108 Å². The van der Waals surface area contributed by atoms with Gasteiger partial charge in [-0.25, -0.2) is 8.42 Å². The summed E-state index contributed by atoms with van der Waals surface area (Å²) in [5.74, 6) is 0.328. The van der Waals surface area contributed by atoms with Crippen molar-refractivity contribution in [3.63, 3.8) is 0 Å². The second-order valence-corrected chi connectivity index (χ2v) is 5.57. The maximum Gasteiger partial charge on any atom is 0.248 e. The highest BCUT2D eigenvalue weighted by Gasteiger charge is 2.27. The summed E-state index contributed by atoms with van der Waals surface area (Å²) in [5, 5.41) is 6.55. The van der Waals surface area contributed by atoms with Gasteiger partial charge in [-0.05, 0) is 20.9 Å². The van der Waals surface area contributed by atoms with Crippen molar-refractivity contribution in [2.75, 3.05) is 27.2 Å². The molecule has 1 N–H and O–H groups in total. The predicted octanol–water partition coefficient (Wildman–Crippen LogP) is 0.553. The number of nitrogens with zero attached hydrogens (tertiary/aromatic N) is 2. The van der Waals surface area contributed by atoms with Crippen LogP contribution in [-0.2, 0) is 10.0 Å². The lowest BCUT2D eigenvalue weighted by Gasteiger charge is -2.16. The van der Waals surface area contributed by atoms with E-state index in [4.69, 9.17) is 4.52 Å². The van der Waals surface area contributed by atoms with E-state index in [2.05, 4.69) is 10.5 Å². The first kappa shape index (κ1) is 16.4. The van der Waals surface area contributed by atoms with Crippen molar-refractivity contribution in [3.8, 4) is 0 Å². The minimum Gasteiger partial charge on any atom is -0.360 e. The molecule has 6 nitrogen and oxygen atoms in total. The van der Waals surface area contributed by atoms with Crippen molar-refractivity contribution in [1.82, 2.24) is 14.8 Å². The molecule has 0 atom stereocenters. The van der Waals surface area contributed by atoms with Crippen LogP contribution in [0.1, 0.15) is 11.5 Å². The molecule has 1 aromatic rings. The molecule has 0 saturated heterocycles. The second kappa shape index (κ2) is 6.34. The highest BCUT2D eigenvalue weighted by Crippen LogP contribution is 2.21. The molecule has 1 aromatic heterocycles. The van der Waals surface area contributed by atoms with Gasteiger partial charge < -0.3 is 9.84 Å². The third-order valence-electron chi connectivity index (χ3n) is 2.31. The molecule has 100 valence electrons. The van der Waals surface area contributed by atoms with Crippen LogP contribution in [0.4, 0.5) is 0 Å². The van der Waals surface area contributed by atoms with Crippen LogP contribution < -0.4 is 5.32 Å². The van der Waals surface area contributed by atoms with Crippen LogP contribution >= 0.6 is 12.4 Å². The van der Waals surface area contributed by atoms with Gasteiger partial charge in [0.2, 0.25) is 10.0 Å². The van der Waals surface area contributed by atoms with Crippen molar-refractivity contribution < 1.29 is 12.9 Å². The van der Waals surface area contributed by atoms with Crippen molar-refractivity contribution in [1.29, 1.82) is 0 Å². The first-order valence-corrected chi connectivity index (χ1v) is 6.39. The molecule has 0 fully saturated rings. The zero-order valence-electron chi connectivity index (χ0n) is 10.3. The Hall–Kier alpha value is -0.630. The van der Waals surface area contributed by atoms with Gasteiger partial charge in [0, 0.05) is 20.1 Å². The van der Waals surface area contributed by atoms with Crippen molar-refractivity contribution in [2.45, 2.75) is 18.7 Å². The molecule has 0 aliphatic carbocycles. The molecule has 0 spiro atoms. The number of nitrogens with one attached hydrogen (secondary N) is 1. The van der Waals surface area contributed by atoms with E-state index in [-0.39, 0.29) is 17.3 Å². The van der Waals surface area contributed by atoms with Gasteiger partial charge in [0.15, 0.2) is 5.76 Å². The lowest BCUT2D eigenvalue weighted by atomic mass is 10.4. The van der Waals surface area contributed by atoms with Crippen LogP contribution in [0.3, 0.4) is 0 Å². The molecule has 0 aromatic carbocycles. The van der Waals surface area contributed by atoms with E-state index >= 15 is 0 Å². The van der Waals surface area contributed by atoms with Crippen LogP contribution in [0.5, 0.6) is 0 Å². The van der Waals surface area contributed by atoms with Crippen molar-refractivity contribution in [3.05, 3.63) is 11.5 Å². The van der Waals surface area contributed by atoms with Crippen LogP contribution in [0.25, 0.3) is 0 Å². The molecule has 0 amide bonds. The summed E-state index contributed by atoms with van der Waals surface area (Å²) in [5.41, 5.74) is 0.397. The van der Waals surface area contributed by atoms with Gasteiger partial charge in [0.05, 0.1) is 0 Å². The van der Waals surface area contributed by atoms with Gasteiger partial charge in [-0.15, -0.1) is 12.4 Å². The maximum absolute atomic E-state index is 12.1. The highest BCUT2D eigenvalue weighted by molar-refractivity contribution is 7.89. The summed E-state index contributed by atoms with van der Waals surface area (Å²) in [6.07, 6.45) is 0. The number of rotatable bonds is 5. The van der Waals surface area contributed by atoms with E-state index < -0.39 is 10.0 Å². The van der Waals surface area contributed by atoms with E-state index in [1.165, 1.54) is 4.31 Å². The summed E-state index contributed by atoms with van der Waals surface area (Å²) < 4.78 is 30.4. The Bertz CT molecular complexity index is 439. The topological polar surface area (TPSA) is 75.4 Å². The fraction of sp³-hybridized carbons (Fsp3) is 0.667. The Morgan fingerprint density at radius 2 is 2.00 bits per heavy atom. The van der Waals surface area contributed by atoms with E-state index in [0.29, 0.717) is 24.5 Å². The smallest absolute Gasteiger partial charge is 0.248 e. The predicted molar refractivity (Wildman–Crippen MR) is 67.0 cm³/mol. The van der Waals surface area contributed by atoms with Crippen LogP contribution in [-0.4, -0.2) is 45.1 Å². The van der Waals surface area contributed by atoms with Crippen LogP contribution in [0.15, 0.2) is 9.42 Å². The van der Waals surface area contributed by atoms with E-state index in [1.54, 1.807) is 27.9 Å². The molecule has 0 radical (unpaired) electrons. The average Bonchev–Trinajstić information content (AvgIpc) is 2.55. The number of aromatic nitrogens is 1. The standard InChI is InChI=1S/C9H17N3O3S.ClH/c1-7-9(8(2)15-11-7)16(13,14)12(4)6-5-10-3;/h10H,5-6H2,1-4H3;1H. The fourth-order valence-electron chi connectivity index (χ4n) is 1.39. The third-order valence-corrected chi connectivity index (χ3v) is 4.41. The van der Waals surface area contributed by atoms with Crippen LogP contribution in [0, 0.1) is 13.8 Å². The summed E-state index contributed by atoms with van der Waals surface area (Å²) >= 11 is 0. The molecule has 17 heavy (non-hydrogen) atoms. The van der Waals surface area contributed by atoms with Gasteiger partial charge >= 0.3 is 0 Å². The molecular formula is C9H18ClN3O3S. The Kier molecular flexibility index (Phi) is 6.11. The summed E-state index contributed by atoms with van der Waals surface area (Å²) in [4.78, 5) is 0.172. The quantitative estimate of drug-likeness (QED) is 0.854. The second-order valence-electron chi connectivity index (χ2n) is 3.58. The first-order valence-electron chi connectivity index (χ1n) is 4.95. The minimum atomic E-state index is -3.49. The average molecular weight is 284 g/mol. The summed E-state index contributed by atoms with van der Waals surface area (Å²) in [7, 11) is -0.178. The van der Waals surface area contributed by atoms with Crippen molar-refractivity contribution >= 4 is 22.4 Å². The first-order chi connectivity index (χ1) is 7.41. The number of likely N-dealkylation sites (N-methyl/N-ethyl adjacent to an activating group) is 2.